The first-order valence-corrected chi connectivity index (χ1v) is 32.4. The van der Waals surface area contributed by atoms with Gasteiger partial charge in [0.25, 0.3) is 0 Å². The molecule has 5 aliphatic carbocycles. The number of rotatable bonds is 10. The molecule has 5 radical (unpaired) electrons. The van der Waals surface area contributed by atoms with Crippen LogP contribution in [0.15, 0.2) is 146 Å². The van der Waals surface area contributed by atoms with E-state index in [1.807, 2.05) is 0 Å². The van der Waals surface area contributed by atoms with E-state index in [0.29, 0.717) is 0 Å². The maximum atomic E-state index is 5.11. The van der Waals surface area contributed by atoms with Gasteiger partial charge in [0.1, 0.15) is 0 Å². The molecule has 0 amide bonds. The van der Waals surface area contributed by atoms with Gasteiger partial charge in [-0.05, 0) is 276 Å². The van der Waals surface area contributed by atoms with Crippen LogP contribution in [0.5, 0.6) is 0 Å². The van der Waals surface area contributed by atoms with Gasteiger partial charge in [0.05, 0.1) is 0 Å². The predicted molar refractivity (Wildman–Crippen MR) is 349 cm³/mol. The van der Waals surface area contributed by atoms with E-state index < -0.39 is 0 Å². The van der Waals surface area contributed by atoms with Crippen LogP contribution in [-0.2, 0) is 0 Å². The van der Waals surface area contributed by atoms with Gasteiger partial charge in [0.2, 0.25) is 0 Å². The van der Waals surface area contributed by atoms with Crippen molar-refractivity contribution in [1.82, 2.24) is 0 Å². The fraction of sp³-hybridized carbons (Fsp3) is 0.571. The minimum absolute atomic E-state index is 0. The van der Waals surface area contributed by atoms with Crippen LogP contribution in [0.25, 0.3) is 0 Å². The van der Waals surface area contributed by atoms with Gasteiger partial charge in [0.15, 0.2) is 0 Å². The van der Waals surface area contributed by atoms with Crippen molar-refractivity contribution in [2.45, 2.75) is 249 Å². The van der Waals surface area contributed by atoms with Gasteiger partial charge in [-0.1, -0.05) is 191 Å². The summed E-state index contributed by atoms with van der Waals surface area (Å²) in [6, 6.07) is 42.9. The Morgan fingerprint density at radius 3 is 0.425 bits per heavy atom. The van der Waals surface area contributed by atoms with Gasteiger partial charge in [-0.15, -0.1) is 0 Å². The molecule has 10 rings (SSSR count). The normalized spacial score (nSPS) is 24.8. The van der Waals surface area contributed by atoms with Gasteiger partial charge < -0.3 is 0 Å². The minimum atomic E-state index is 0. The molecule has 0 bridgehead atoms. The molecule has 10 heteroatoms. The summed E-state index contributed by atoms with van der Waals surface area (Å²) in [7, 11) is 0. The van der Waals surface area contributed by atoms with Crippen LogP contribution in [0.3, 0.4) is 0 Å². The van der Waals surface area contributed by atoms with Crippen LogP contribution in [0, 0.1) is 29.6 Å². The molecule has 0 aromatic heterocycles. The summed E-state index contributed by atoms with van der Waals surface area (Å²) >= 11 is 25.6. The zero-order chi connectivity index (χ0) is 53.4. The highest BCUT2D eigenvalue weighted by Gasteiger charge is 2.25. The topological polar surface area (TPSA) is 0 Å². The summed E-state index contributed by atoms with van der Waals surface area (Å²) in [4.78, 5) is 4.80. The second-order valence-corrected chi connectivity index (χ2v) is 25.8. The van der Waals surface area contributed by atoms with Gasteiger partial charge in [-0.2, -0.15) is 0 Å². The Morgan fingerprint density at radius 2 is 0.325 bits per heavy atom. The first-order valence-electron chi connectivity index (χ1n) is 30.3. The fourth-order valence-corrected chi connectivity index (χ4v) is 13.9. The highest BCUT2D eigenvalue weighted by atomic mass is 32.1. The van der Waals surface area contributed by atoms with Gasteiger partial charge >= 0.3 is 0 Å². The Hall–Kier alpha value is -3.15. The third kappa shape index (κ3) is 25.4. The molecule has 0 N–H and O–H groups in total. The average Bonchev–Trinajstić information content (AvgIpc) is 3.47. The predicted octanol–water partition coefficient (Wildman–Crippen LogP) is 25.4. The molecule has 0 aliphatic heterocycles. The fourth-order valence-electron chi connectivity index (χ4n) is 13.2. The molecule has 5 aliphatic rings. The molecule has 5 aromatic rings. The van der Waals surface area contributed by atoms with Crippen molar-refractivity contribution in [1.29, 1.82) is 0 Å². The highest BCUT2D eigenvalue weighted by Crippen LogP contribution is 2.41. The second-order valence-electron chi connectivity index (χ2n) is 23.5. The number of hydrogen-bond acceptors (Lipinski definition) is 0. The zero-order valence-electron chi connectivity index (χ0n) is 49.1. The van der Waals surface area contributed by atoms with E-state index >= 15 is 0 Å². The van der Waals surface area contributed by atoms with Crippen molar-refractivity contribution >= 4 is 63.1 Å². The second kappa shape index (κ2) is 41.0. The van der Waals surface area contributed by atoms with E-state index in [9.17, 15) is 0 Å². The summed E-state index contributed by atoms with van der Waals surface area (Å²) in [6.45, 7) is 11.6. The molecule has 445 valence electrons. The smallest absolute Gasteiger partial charge is 0.0377 e. The number of halogens is 5. The zero-order valence-corrected chi connectivity index (χ0v) is 53.2. The Balaban J connectivity index is 0.000000492. The van der Waals surface area contributed by atoms with Gasteiger partial charge in [-0.3, -0.25) is 23.5 Å². The molecule has 0 nitrogen and oxygen atoms in total. The van der Waals surface area contributed by atoms with Crippen molar-refractivity contribution in [2.75, 3.05) is 0 Å². The van der Waals surface area contributed by atoms with Gasteiger partial charge in [0, 0.05) is 24.5 Å². The van der Waals surface area contributed by atoms with Gasteiger partial charge in [-0.25, -0.2) is 0 Å². The summed E-state index contributed by atoms with van der Waals surface area (Å²) in [5.41, 5.74) is 7.49. The molecule has 0 atom stereocenters. The number of benzene rings is 5. The first-order chi connectivity index (χ1) is 36.5. The third-order valence-electron chi connectivity index (χ3n) is 18.9. The molecule has 5 saturated carbocycles. The minimum Gasteiger partial charge on any atom is -0.269 e. The lowest BCUT2D eigenvalue weighted by molar-refractivity contribution is 0.318. The monoisotopic (exact) mass is 1200 g/mol. The van der Waals surface area contributed by atoms with Crippen LogP contribution in [-0.4, -0.2) is 0 Å². The first kappa shape index (κ1) is 74.9. The molecule has 0 unspecified atom stereocenters. The summed E-state index contributed by atoms with van der Waals surface area (Å²) in [6.07, 6.45) is 34.6. The molecule has 80 heavy (non-hydrogen) atoms. The van der Waals surface area contributed by atoms with Crippen molar-refractivity contribution in [2.24, 2.45) is 29.6 Å². The summed E-state index contributed by atoms with van der Waals surface area (Å²) in [5.74, 6) is 8.90. The molecular weight excluding hydrogens is 1100 g/mol. The Bertz CT molecular complexity index is 1880. The van der Waals surface area contributed by atoms with Crippen LogP contribution in [0.1, 0.15) is 253 Å². The number of hydrogen-bond donors (Lipinski definition) is 0. The molecule has 0 saturated heterocycles. The molecule has 0 heterocycles. The van der Waals surface area contributed by atoms with E-state index in [1.165, 1.54) is 188 Å². The van der Waals surface area contributed by atoms with Crippen LogP contribution in [0.2, 0.25) is 0 Å². The lowest BCUT2D eigenvalue weighted by Gasteiger charge is -2.28. The van der Waals surface area contributed by atoms with Crippen LogP contribution >= 0.6 is 63.1 Å². The highest BCUT2D eigenvalue weighted by molar-refractivity contribution is 7.81. The lowest BCUT2D eigenvalue weighted by atomic mass is 9.78. The maximum absolute atomic E-state index is 5.11. The molecular formula is C70H100F5S5. The summed E-state index contributed by atoms with van der Waals surface area (Å²) < 4.78 is 0. The molecule has 5 aromatic carbocycles. The van der Waals surface area contributed by atoms with E-state index in [-0.39, 0.29) is 23.5 Å². The van der Waals surface area contributed by atoms with Crippen molar-refractivity contribution < 1.29 is 23.5 Å². The molecule has 5 fully saturated rings. The van der Waals surface area contributed by atoms with Crippen LogP contribution < -0.4 is 0 Å². The summed E-state index contributed by atoms with van der Waals surface area (Å²) in [5, 5.41) is 0. The van der Waals surface area contributed by atoms with E-state index in [1.54, 1.807) is 0 Å². The maximum Gasteiger partial charge on any atom is 0.0377 e. The van der Waals surface area contributed by atoms with E-state index in [2.05, 4.69) is 156 Å². The van der Waals surface area contributed by atoms with E-state index in [0.717, 1.165) is 83.7 Å². The van der Waals surface area contributed by atoms with Crippen molar-refractivity contribution in [3.05, 3.63) is 149 Å². The SMILES string of the molecule is CC[C@H]1CC[C@H](c2ccc([S])cc2)CC1.CC[C@H]1CC[C@H](c2ccc([S])cc2)CC1.CC[C@H]1CC[C@H](c2ccc([S])cc2)CC1.CC[C@H]1CC[C@H](c2ccc([S])cc2)CC1.CC[C@H]1CC[C@H](c2ccc([S])cc2)CC1.F.F.F.F.F. The quantitative estimate of drug-likeness (QED) is 0.122. The Morgan fingerprint density at radius 1 is 0.212 bits per heavy atom. The Kier molecular flexibility index (Phi) is 38.3. The lowest BCUT2D eigenvalue weighted by Crippen LogP contribution is -2.12. The van der Waals surface area contributed by atoms with Crippen molar-refractivity contribution in [3.8, 4) is 0 Å². The average molecular weight is 1200 g/mol. The van der Waals surface area contributed by atoms with E-state index in [4.69, 9.17) is 63.1 Å². The standard InChI is InChI=1S/5C14H19S.5FH/c5*1-2-11-3-5-12(6-4-11)13-7-9-14(15)10-8-13;;;;;/h5*7-12H,2-6H2,1H3;5*1H/t5*11-,12-;;;;;. The van der Waals surface area contributed by atoms with Crippen LogP contribution in [0.4, 0.5) is 23.5 Å². The van der Waals surface area contributed by atoms with Crippen molar-refractivity contribution in [3.63, 3.8) is 0 Å². The largest absolute Gasteiger partial charge is 0.269 e. The molecule has 0 spiro atoms. The third-order valence-corrected chi connectivity index (χ3v) is 20.2. The Labute approximate surface area is 511 Å².